The van der Waals surface area contributed by atoms with E-state index in [4.69, 9.17) is 5.73 Å². The number of carbonyl (C=O) groups excluding carboxylic acids is 1. The number of nitrogens with zero attached hydrogens (tertiary/aromatic N) is 1. The van der Waals surface area contributed by atoms with Crippen molar-refractivity contribution in [2.45, 2.75) is 13.0 Å². The standard InChI is InChI=1S/C12H11F2N3OS/c13-8-2-1-7(10(14)3-8)5-16-11(18)4-9-6-19-12(15)17-9/h1-3,6H,4-5H2,(H2,15,17)(H,16,18). The smallest absolute Gasteiger partial charge is 0.226 e. The number of rotatable bonds is 4. The average molecular weight is 283 g/mol. The summed E-state index contributed by atoms with van der Waals surface area (Å²) in [5.74, 6) is -1.63. The van der Waals surface area contributed by atoms with E-state index in [1.54, 1.807) is 5.38 Å². The van der Waals surface area contributed by atoms with Crippen LogP contribution in [0.3, 0.4) is 0 Å². The largest absolute Gasteiger partial charge is 0.375 e. The van der Waals surface area contributed by atoms with E-state index >= 15 is 0 Å². The predicted octanol–water partition coefficient (Wildman–Crippen LogP) is 1.86. The molecule has 0 aliphatic heterocycles. The summed E-state index contributed by atoms with van der Waals surface area (Å²) in [5.41, 5.74) is 6.24. The lowest BCUT2D eigenvalue weighted by atomic mass is 10.2. The third-order valence-electron chi connectivity index (χ3n) is 2.40. The third kappa shape index (κ3) is 3.72. The molecule has 100 valence electrons. The lowest BCUT2D eigenvalue weighted by molar-refractivity contribution is -0.120. The molecule has 0 unspecified atom stereocenters. The summed E-state index contributed by atoms with van der Waals surface area (Å²) >= 11 is 1.25. The Hall–Kier alpha value is -2.02. The molecule has 0 fully saturated rings. The molecule has 3 N–H and O–H groups in total. The zero-order valence-corrected chi connectivity index (χ0v) is 10.6. The highest BCUT2D eigenvalue weighted by Crippen LogP contribution is 2.12. The fraction of sp³-hybridized carbons (Fsp3) is 0.167. The summed E-state index contributed by atoms with van der Waals surface area (Å²) in [7, 11) is 0. The Bertz CT molecular complexity index is 600. The number of hydrogen-bond donors (Lipinski definition) is 2. The van der Waals surface area contributed by atoms with Crippen molar-refractivity contribution in [1.29, 1.82) is 0 Å². The molecule has 0 spiro atoms. The van der Waals surface area contributed by atoms with Gasteiger partial charge in [0, 0.05) is 23.6 Å². The number of halogens is 2. The van der Waals surface area contributed by atoms with Crippen LogP contribution in [0, 0.1) is 11.6 Å². The first-order valence-corrected chi connectivity index (χ1v) is 6.33. The highest BCUT2D eigenvalue weighted by atomic mass is 32.1. The Morgan fingerprint density at radius 3 is 2.84 bits per heavy atom. The highest BCUT2D eigenvalue weighted by Gasteiger charge is 2.08. The SMILES string of the molecule is Nc1nc(CC(=O)NCc2ccc(F)cc2F)cs1. The minimum Gasteiger partial charge on any atom is -0.375 e. The van der Waals surface area contributed by atoms with Gasteiger partial charge in [-0.05, 0) is 6.07 Å². The molecule has 1 heterocycles. The summed E-state index contributed by atoms with van der Waals surface area (Å²) in [6.45, 7) is 0.00453. The van der Waals surface area contributed by atoms with Crippen LogP contribution in [-0.2, 0) is 17.8 Å². The number of nitrogen functional groups attached to an aromatic ring is 1. The van der Waals surface area contributed by atoms with Gasteiger partial charge in [-0.3, -0.25) is 4.79 Å². The Morgan fingerprint density at radius 1 is 1.42 bits per heavy atom. The average Bonchev–Trinajstić information content (AvgIpc) is 2.73. The summed E-state index contributed by atoms with van der Waals surface area (Å²) in [4.78, 5) is 15.5. The number of amides is 1. The van der Waals surface area contributed by atoms with Crippen molar-refractivity contribution in [2.75, 3.05) is 5.73 Å². The highest BCUT2D eigenvalue weighted by molar-refractivity contribution is 7.13. The lowest BCUT2D eigenvalue weighted by Gasteiger charge is -2.05. The van der Waals surface area contributed by atoms with Crippen molar-refractivity contribution in [3.05, 3.63) is 46.5 Å². The van der Waals surface area contributed by atoms with Gasteiger partial charge in [0.25, 0.3) is 0 Å². The fourth-order valence-electron chi connectivity index (χ4n) is 1.49. The molecule has 0 saturated carbocycles. The molecule has 0 bridgehead atoms. The van der Waals surface area contributed by atoms with E-state index in [2.05, 4.69) is 10.3 Å². The normalized spacial score (nSPS) is 10.4. The second-order valence-corrected chi connectivity index (χ2v) is 4.76. The van der Waals surface area contributed by atoms with E-state index in [1.165, 1.54) is 17.4 Å². The van der Waals surface area contributed by atoms with E-state index < -0.39 is 11.6 Å². The number of thiazole rings is 1. The number of carbonyl (C=O) groups is 1. The van der Waals surface area contributed by atoms with Crippen molar-refractivity contribution >= 4 is 22.4 Å². The van der Waals surface area contributed by atoms with Crippen molar-refractivity contribution in [3.8, 4) is 0 Å². The number of benzene rings is 1. The van der Waals surface area contributed by atoms with Gasteiger partial charge >= 0.3 is 0 Å². The van der Waals surface area contributed by atoms with Gasteiger partial charge in [-0.2, -0.15) is 0 Å². The van der Waals surface area contributed by atoms with Gasteiger partial charge in [0.1, 0.15) is 11.6 Å². The van der Waals surface area contributed by atoms with Crippen LogP contribution in [0.4, 0.5) is 13.9 Å². The zero-order chi connectivity index (χ0) is 13.8. The minimum atomic E-state index is -0.682. The molecular formula is C12H11F2N3OS. The third-order valence-corrected chi connectivity index (χ3v) is 3.13. The number of aromatic nitrogens is 1. The van der Waals surface area contributed by atoms with E-state index in [9.17, 15) is 13.6 Å². The molecule has 4 nitrogen and oxygen atoms in total. The van der Waals surface area contributed by atoms with Crippen LogP contribution in [0.1, 0.15) is 11.3 Å². The van der Waals surface area contributed by atoms with Gasteiger partial charge in [-0.25, -0.2) is 13.8 Å². The second-order valence-electron chi connectivity index (χ2n) is 3.87. The quantitative estimate of drug-likeness (QED) is 0.900. The monoisotopic (exact) mass is 283 g/mol. The molecule has 19 heavy (non-hydrogen) atoms. The van der Waals surface area contributed by atoms with E-state index in [0.717, 1.165) is 12.1 Å². The molecule has 0 atom stereocenters. The Balaban J connectivity index is 1.89. The Kier molecular flexibility index (Phi) is 4.06. The van der Waals surface area contributed by atoms with Crippen LogP contribution < -0.4 is 11.1 Å². The molecule has 2 rings (SSSR count). The van der Waals surface area contributed by atoms with E-state index in [-0.39, 0.29) is 24.4 Å². The maximum absolute atomic E-state index is 13.3. The maximum atomic E-state index is 13.3. The first-order valence-electron chi connectivity index (χ1n) is 5.45. The second kappa shape index (κ2) is 5.75. The maximum Gasteiger partial charge on any atom is 0.226 e. The fourth-order valence-corrected chi connectivity index (χ4v) is 2.05. The molecule has 1 aromatic carbocycles. The number of nitrogens with two attached hydrogens (primary N) is 1. The van der Waals surface area contributed by atoms with Crippen molar-refractivity contribution < 1.29 is 13.6 Å². The summed E-state index contributed by atoms with van der Waals surface area (Å²) in [6, 6.07) is 3.22. The van der Waals surface area contributed by atoms with Gasteiger partial charge in [-0.1, -0.05) is 6.07 Å². The first kappa shape index (κ1) is 13.4. The number of hydrogen-bond acceptors (Lipinski definition) is 4. The molecule has 0 aliphatic carbocycles. The summed E-state index contributed by atoms with van der Waals surface area (Å²) in [5, 5.41) is 4.62. The first-order chi connectivity index (χ1) is 9.04. The Labute approximate surface area is 112 Å². The Morgan fingerprint density at radius 2 is 2.21 bits per heavy atom. The van der Waals surface area contributed by atoms with Gasteiger partial charge in [-0.15, -0.1) is 11.3 Å². The summed E-state index contributed by atoms with van der Waals surface area (Å²) in [6.07, 6.45) is 0.0799. The number of nitrogens with one attached hydrogen (secondary N) is 1. The van der Waals surface area contributed by atoms with Crippen LogP contribution in [-0.4, -0.2) is 10.9 Å². The molecule has 1 aromatic heterocycles. The van der Waals surface area contributed by atoms with E-state index in [0.29, 0.717) is 10.8 Å². The van der Waals surface area contributed by atoms with Gasteiger partial charge in [0.2, 0.25) is 5.91 Å². The summed E-state index contributed by atoms with van der Waals surface area (Å²) < 4.78 is 26.0. The van der Waals surface area contributed by atoms with Crippen molar-refractivity contribution in [2.24, 2.45) is 0 Å². The molecule has 7 heteroatoms. The zero-order valence-electron chi connectivity index (χ0n) is 9.82. The van der Waals surface area contributed by atoms with Crippen molar-refractivity contribution in [1.82, 2.24) is 10.3 Å². The van der Waals surface area contributed by atoms with Crippen LogP contribution in [0.2, 0.25) is 0 Å². The van der Waals surface area contributed by atoms with Crippen LogP contribution in [0.5, 0.6) is 0 Å². The molecule has 0 radical (unpaired) electrons. The van der Waals surface area contributed by atoms with Gasteiger partial charge < -0.3 is 11.1 Å². The molecule has 0 saturated heterocycles. The molecule has 0 aliphatic rings. The topological polar surface area (TPSA) is 68.0 Å². The van der Waals surface area contributed by atoms with Gasteiger partial charge in [0.15, 0.2) is 5.13 Å². The van der Waals surface area contributed by atoms with Gasteiger partial charge in [0.05, 0.1) is 12.1 Å². The predicted molar refractivity (Wildman–Crippen MR) is 68.4 cm³/mol. The van der Waals surface area contributed by atoms with Crippen LogP contribution >= 0.6 is 11.3 Å². The van der Waals surface area contributed by atoms with Crippen LogP contribution in [0.15, 0.2) is 23.6 Å². The minimum absolute atomic E-state index is 0.00453. The van der Waals surface area contributed by atoms with Crippen molar-refractivity contribution in [3.63, 3.8) is 0 Å². The van der Waals surface area contributed by atoms with E-state index in [1.807, 2.05) is 0 Å². The molecule has 1 amide bonds. The lowest BCUT2D eigenvalue weighted by Crippen LogP contribution is -2.25. The molecular weight excluding hydrogens is 272 g/mol. The van der Waals surface area contributed by atoms with Crippen LogP contribution in [0.25, 0.3) is 0 Å². The number of anilines is 1. The molecule has 2 aromatic rings.